The van der Waals surface area contributed by atoms with Gasteiger partial charge in [0.1, 0.15) is 5.75 Å². The maximum absolute atomic E-state index is 11.5. The van der Waals surface area contributed by atoms with Crippen molar-refractivity contribution >= 4 is 17.6 Å². The van der Waals surface area contributed by atoms with Crippen LogP contribution in [0.1, 0.15) is 19.4 Å². The highest BCUT2D eigenvalue weighted by Gasteiger charge is 2.25. The Hall–Kier alpha value is -1.22. The fraction of sp³-hybridized carbons (Fsp3) is 0.462. The Morgan fingerprint density at radius 3 is 2.47 bits per heavy atom. The van der Waals surface area contributed by atoms with Crippen LogP contribution in [0, 0.1) is 12.8 Å². The van der Waals surface area contributed by atoms with Gasteiger partial charge in [-0.2, -0.15) is 0 Å². The summed E-state index contributed by atoms with van der Waals surface area (Å²) in [5.41, 5.74) is 0.913. The molecule has 0 aliphatic heterocycles. The fourth-order valence-corrected chi connectivity index (χ4v) is 1.53. The summed E-state index contributed by atoms with van der Waals surface area (Å²) < 4.78 is 10.3. The molecule has 1 rings (SSSR count). The summed E-state index contributed by atoms with van der Waals surface area (Å²) in [6, 6.07) is 5.30. The minimum absolute atomic E-state index is 0.0402. The van der Waals surface area contributed by atoms with Crippen LogP contribution in [0.3, 0.4) is 0 Å². The van der Waals surface area contributed by atoms with Gasteiger partial charge in [0, 0.05) is 10.9 Å². The van der Waals surface area contributed by atoms with Crippen molar-refractivity contribution in [3.63, 3.8) is 0 Å². The summed E-state index contributed by atoms with van der Waals surface area (Å²) in [6.07, 6.45) is -0.597. The molecule has 0 saturated heterocycles. The first kappa shape index (κ1) is 13.8. The normalized spacial score (nSPS) is 12.4. The second kappa shape index (κ2) is 5.92. The van der Waals surface area contributed by atoms with Crippen molar-refractivity contribution < 1.29 is 14.3 Å². The van der Waals surface area contributed by atoms with E-state index < -0.39 is 6.10 Å². The van der Waals surface area contributed by atoms with Gasteiger partial charge < -0.3 is 9.47 Å². The zero-order valence-electron chi connectivity index (χ0n) is 10.5. The molecule has 0 unspecified atom stereocenters. The summed E-state index contributed by atoms with van der Waals surface area (Å²) in [5, 5.41) is 0.677. The van der Waals surface area contributed by atoms with Crippen LogP contribution >= 0.6 is 11.6 Å². The van der Waals surface area contributed by atoms with Gasteiger partial charge in [-0.25, -0.2) is 4.79 Å². The highest BCUT2D eigenvalue weighted by Crippen LogP contribution is 2.23. The van der Waals surface area contributed by atoms with E-state index in [0.29, 0.717) is 10.8 Å². The first-order valence-electron chi connectivity index (χ1n) is 5.46. The smallest absolute Gasteiger partial charge is 0.347 e. The Labute approximate surface area is 107 Å². The number of aryl methyl sites for hydroxylation is 1. The monoisotopic (exact) mass is 256 g/mol. The lowest BCUT2D eigenvalue weighted by Gasteiger charge is -2.20. The van der Waals surface area contributed by atoms with E-state index >= 15 is 0 Å². The number of halogens is 1. The molecule has 3 nitrogen and oxygen atoms in total. The van der Waals surface area contributed by atoms with Gasteiger partial charge in [0.25, 0.3) is 0 Å². The standard InChI is InChI=1S/C13H17ClO3/c1-8(2)12(13(15)16-4)17-10-5-6-11(14)9(3)7-10/h5-8,12H,1-4H3/t12-/m0/s1. The molecular formula is C13H17ClO3. The number of hydrogen-bond donors (Lipinski definition) is 0. The van der Waals surface area contributed by atoms with Gasteiger partial charge >= 0.3 is 5.97 Å². The molecule has 0 spiro atoms. The molecule has 1 atom stereocenters. The average Bonchev–Trinajstić information content (AvgIpc) is 2.29. The van der Waals surface area contributed by atoms with Crippen molar-refractivity contribution in [1.82, 2.24) is 0 Å². The summed E-state index contributed by atoms with van der Waals surface area (Å²) in [4.78, 5) is 11.5. The molecular weight excluding hydrogens is 240 g/mol. The molecule has 0 aliphatic rings. The third-order valence-corrected chi connectivity index (χ3v) is 2.86. The zero-order valence-corrected chi connectivity index (χ0v) is 11.2. The van der Waals surface area contributed by atoms with Crippen LogP contribution in [0.4, 0.5) is 0 Å². The van der Waals surface area contributed by atoms with E-state index in [2.05, 4.69) is 0 Å². The first-order valence-corrected chi connectivity index (χ1v) is 5.84. The number of hydrogen-bond acceptors (Lipinski definition) is 3. The van der Waals surface area contributed by atoms with Crippen LogP contribution < -0.4 is 4.74 Å². The minimum Gasteiger partial charge on any atom is -0.478 e. The van der Waals surface area contributed by atoms with Crippen molar-refractivity contribution in [2.45, 2.75) is 26.9 Å². The summed E-state index contributed by atoms with van der Waals surface area (Å²) in [7, 11) is 1.36. The molecule has 17 heavy (non-hydrogen) atoms. The molecule has 0 amide bonds. The Kier molecular flexibility index (Phi) is 4.82. The number of esters is 1. The summed E-state index contributed by atoms with van der Waals surface area (Å²) >= 11 is 5.92. The number of rotatable bonds is 4. The van der Waals surface area contributed by atoms with Gasteiger partial charge in [-0.3, -0.25) is 0 Å². The van der Waals surface area contributed by atoms with Crippen LogP contribution in [0.2, 0.25) is 5.02 Å². The van der Waals surface area contributed by atoms with Crippen molar-refractivity contribution in [1.29, 1.82) is 0 Å². The van der Waals surface area contributed by atoms with E-state index in [1.807, 2.05) is 20.8 Å². The lowest BCUT2D eigenvalue weighted by atomic mass is 10.1. The van der Waals surface area contributed by atoms with E-state index in [-0.39, 0.29) is 11.9 Å². The highest BCUT2D eigenvalue weighted by atomic mass is 35.5. The number of methoxy groups -OCH3 is 1. The first-order chi connectivity index (χ1) is 7.95. The summed E-state index contributed by atoms with van der Waals surface area (Å²) in [5.74, 6) is 0.294. The Bertz CT molecular complexity index is 402. The van der Waals surface area contributed by atoms with E-state index in [1.54, 1.807) is 18.2 Å². The molecule has 1 aromatic rings. The quantitative estimate of drug-likeness (QED) is 0.776. The molecule has 0 heterocycles. The molecule has 0 saturated carbocycles. The highest BCUT2D eigenvalue weighted by molar-refractivity contribution is 6.31. The predicted molar refractivity (Wildman–Crippen MR) is 67.5 cm³/mol. The Balaban J connectivity index is 2.86. The largest absolute Gasteiger partial charge is 0.478 e. The van der Waals surface area contributed by atoms with E-state index in [1.165, 1.54) is 7.11 Å². The maximum Gasteiger partial charge on any atom is 0.347 e. The second-order valence-corrected chi connectivity index (χ2v) is 4.62. The molecule has 0 aliphatic carbocycles. The summed E-state index contributed by atoms with van der Waals surface area (Å²) in [6.45, 7) is 5.70. The van der Waals surface area contributed by atoms with Crippen LogP contribution in [-0.4, -0.2) is 19.2 Å². The number of benzene rings is 1. The van der Waals surface area contributed by atoms with E-state index in [0.717, 1.165) is 5.56 Å². The maximum atomic E-state index is 11.5. The number of ether oxygens (including phenoxy) is 2. The Morgan fingerprint density at radius 2 is 2.00 bits per heavy atom. The van der Waals surface area contributed by atoms with Crippen molar-refractivity contribution in [2.75, 3.05) is 7.11 Å². The lowest BCUT2D eigenvalue weighted by Crippen LogP contribution is -2.33. The van der Waals surface area contributed by atoms with Gasteiger partial charge in [-0.05, 0) is 30.7 Å². The minimum atomic E-state index is -0.597. The zero-order chi connectivity index (χ0) is 13.0. The fourth-order valence-electron chi connectivity index (χ4n) is 1.41. The lowest BCUT2D eigenvalue weighted by molar-refractivity contribution is -0.150. The third-order valence-electron chi connectivity index (χ3n) is 2.43. The molecule has 0 aromatic heterocycles. The number of carbonyl (C=O) groups excluding carboxylic acids is 1. The molecule has 0 bridgehead atoms. The third kappa shape index (κ3) is 3.63. The van der Waals surface area contributed by atoms with Crippen molar-refractivity contribution in [2.24, 2.45) is 5.92 Å². The van der Waals surface area contributed by atoms with Gasteiger partial charge in [0.05, 0.1) is 7.11 Å². The van der Waals surface area contributed by atoms with E-state index in [9.17, 15) is 4.79 Å². The van der Waals surface area contributed by atoms with Crippen molar-refractivity contribution in [3.05, 3.63) is 28.8 Å². The molecule has 0 radical (unpaired) electrons. The topological polar surface area (TPSA) is 35.5 Å². The van der Waals surface area contributed by atoms with Gasteiger partial charge in [-0.15, -0.1) is 0 Å². The molecule has 1 aromatic carbocycles. The van der Waals surface area contributed by atoms with Gasteiger partial charge in [-0.1, -0.05) is 25.4 Å². The molecule has 94 valence electrons. The SMILES string of the molecule is COC(=O)[C@@H](Oc1ccc(Cl)c(C)c1)C(C)C. The van der Waals surface area contributed by atoms with Crippen LogP contribution in [0.15, 0.2) is 18.2 Å². The van der Waals surface area contributed by atoms with Crippen LogP contribution in [0.25, 0.3) is 0 Å². The van der Waals surface area contributed by atoms with Crippen LogP contribution in [0.5, 0.6) is 5.75 Å². The average molecular weight is 257 g/mol. The molecule has 4 heteroatoms. The van der Waals surface area contributed by atoms with Crippen LogP contribution in [-0.2, 0) is 9.53 Å². The molecule has 0 fully saturated rings. The second-order valence-electron chi connectivity index (χ2n) is 4.22. The van der Waals surface area contributed by atoms with E-state index in [4.69, 9.17) is 21.1 Å². The van der Waals surface area contributed by atoms with Gasteiger partial charge in [0.2, 0.25) is 0 Å². The predicted octanol–water partition coefficient (Wildman–Crippen LogP) is 3.22. The van der Waals surface area contributed by atoms with Crippen molar-refractivity contribution in [3.8, 4) is 5.75 Å². The Morgan fingerprint density at radius 1 is 1.35 bits per heavy atom. The number of carbonyl (C=O) groups is 1. The molecule has 0 N–H and O–H groups in total. The van der Waals surface area contributed by atoms with Gasteiger partial charge in [0.15, 0.2) is 6.10 Å².